The van der Waals surface area contributed by atoms with Gasteiger partial charge in [0.15, 0.2) is 0 Å². The Balaban J connectivity index is 2.32. The molecule has 2 aliphatic carbocycles. The molecule has 17 heavy (non-hydrogen) atoms. The second-order valence-electron chi connectivity index (χ2n) is 6.81. The molecule has 0 saturated heterocycles. The summed E-state index contributed by atoms with van der Waals surface area (Å²) >= 11 is 0. The van der Waals surface area contributed by atoms with E-state index in [9.17, 15) is 10.2 Å². The minimum Gasteiger partial charge on any atom is -0.390 e. The fourth-order valence-electron chi connectivity index (χ4n) is 3.67. The molecule has 0 spiro atoms. The van der Waals surface area contributed by atoms with Crippen LogP contribution in [0.15, 0.2) is 11.6 Å². The summed E-state index contributed by atoms with van der Waals surface area (Å²) in [5.74, 6) is 0.972. The highest BCUT2D eigenvalue weighted by atomic mass is 16.3. The molecule has 0 unspecified atom stereocenters. The average Bonchev–Trinajstić information content (AvgIpc) is 2.39. The maximum Gasteiger partial charge on any atom is 0.0686 e. The number of fused-ring (bicyclic) bond motifs is 1. The zero-order chi connectivity index (χ0) is 12.8. The van der Waals surface area contributed by atoms with E-state index in [1.165, 1.54) is 5.57 Å². The molecule has 98 valence electrons. The highest BCUT2D eigenvalue weighted by Crippen LogP contribution is 2.51. The van der Waals surface area contributed by atoms with Gasteiger partial charge in [0.1, 0.15) is 0 Å². The first-order chi connectivity index (χ1) is 7.74. The van der Waals surface area contributed by atoms with Gasteiger partial charge in [0.05, 0.1) is 11.2 Å². The molecule has 1 saturated carbocycles. The van der Waals surface area contributed by atoms with Crippen LogP contribution in [0.4, 0.5) is 0 Å². The minimum atomic E-state index is -0.651. The lowest BCUT2D eigenvalue weighted by Gasteiger charge is -2.35. The summed E-state index contributed by atoms with van der Waals surface area (Å²) in [6.45, 7) is 8.28. The van der Waals surface area contributed by atoms with Crippen LogP contribution in [0, 0.1) is 17.8 Å². The Kier molecular flexibility index (Phi) is 3.16. The van der Waals surface area contributed by atoms with E-state index in [0.29, 0.717) is 5.92 Å². The molecule has 1 fully saturated rings. The van der Waals surface area contributed by atoms with Crippen molar-refractivity contribution in [3.63, 3.8) is 0 Å². The Labute approximate surface area is 105 Å². The number of allylic oxidation sites excluding steroid dienone is 1. The zero-order valence-electron chi connectivity index (χ0n) is 11.5. The summed E-state index contributed by atoms with van der Waals surface area (Å²) in [7, 11) is 0. The zero-order valence-corrected chi connectivity index (χ0v) is 11.5. The van der Waals surface area contributed by atoms with Crippen LogP contribution in [-0.4, -0.2) is 21.4 Å². The summed E-state index contributed by atoms with van der Waals surface area (Å²) in [6.07, 6.45) is 5.66. The molecule has 2 aliphatic rings. The predicted octanol–water partition coefficient (Wildman–Crippen LogP) is 2.89. The maximum absolute atomic E-state index is 10.6. The van der Waals surface area contributed by atoms with Gasteiger partial charge in [-0.25, -0.2) is 0 Å². The molecule has 0 heterocycles. The molecule has 2 rings (SSSR count). The molecular weight excluding hydrogens is 212 g/mol. The van der Waals surface area contributed by atoms with E-state index < -0.39 is 11.2 Å². The molecule has 0 aliphatic heterocycles. The third-order valence-corrected chi connectivity index (χ3v) is 5.02. The first-order valence-corrected chi connectivity index (χ1v) is 6.88. The first kappa shape index (κ1) is 13.1. The molecule has 0 radical (unpaired) electrons. The Hall–Kier alpha value is -0.340. The summed E-state index contributed by atoms with van der Waals surface area (Å²) in [6, 6.07) is 0. The lowest BCUT2D eigenvalue weighted by Crippen LogP contribution is -2.41. The Morgan fingerprint density at radius 3 is 2.41 bits per heavy atom. The standard InChI is InChI=1S/C15H26O2/c1-10(2)11-5-7-14(3,16)12-6-8-15(4,17)13(12)9-11/h5,10,12-13,16-17H,6-9H2,1-4H3/t12-,13-,14-,15-/m1/s1. The second-order valence-corrected chi connectivity index (χ2v) is 6.81. The van der Waals surface area contributed by atoms with Gasteiger partial charge in [0.2, 0.25) is 0 Å². The maximum atomic E-state index is 10.6. The molecule has 2 heteroatoms. The molecule has 0 amide bonds. The van der Waals surface area contributed by atoms with Crippen molar-refractivity contribution in [2.24, 2.45) is 17.8 Å². The van der Waals surface area contributed by atoms with Crippen molar-refractivity contribution in [3.05, 3.63) is 11.6 Å². The monoisotopic (exact) mass is 238 g/mol. The van der Waals surface area contributed by atoms with E-state index >= 15 is 0 Å². The lowest BCUT2D eigenvalue weighted by atomic mass is 9.75. The van der Waals surface area contributed by atoms with Gasteiger partial charge in [-0.1, -0.05) is 25.5 Å². The van der Waals surface area contributed by atoms with Crippen molar-refractivity contribution in [2.45, 2.75) is 64.6 Å². The molecule has 0 aromatic rings. The predicted molar refractivity (Wildman–Crippen MR) is 69.6 cm³/mol. The fraction of sp³-hybridized carbons (Fsp3) is 0.867. The van der Waals surface area contributed by atoms with E-state index in [4.69, 9.17) is 0 Å². The molecular formula is C15H26O2. The van der Waals surface area contributed by atoms with Gasteiger partial charge in [-0.15, -0.1) is 0 Å². The van der Waals surface area contributed by atoms with Gasteiger partial charge in [0.25, 0.3) is 0 Å². The molecule has 2 nitrogen and oxygen atoms in total. The Morgan fingerprint density at radius 1 is 1.18 bits per heavy atom. The van der Waals surface area contributed by atoms with Crippen LogP contribution in [0.5, 0.6) is 0 Å². The van der Waals surface area contributed by atoms with Gasteiger partial charge < -0.3 is 10.2 Å². The fourth-order valence-corrected chi connectivity index (χ4v) is 3.67. The third-order valence-electron chi connectivity index (χ3n) is 5.02. The van der Waals surface area contributed by atoms with Gasteiger partial charge >= 0.3 is 0 Å². The first-order valence-electron chi connectivity index (χ1n) is 6.88. The van der Waals surface area contributed by atoms with Crippen molar-refractivity contribution < 1.29 is 10.2 Å². The molecule has 0 bridgehead atoms. The molecule has 0 aromatic carbocycles. The summed E-state index contributed by atoms with van der Waals surface area (Å²) in [5, 5.41) is 21.1. The van der Waals surface area contributed by atoms with E-state index in [0.717, 1.165) is 25.7 Å². The van der Waals surface area contributed by atoms with Crippen LogP contribution in [0.1, 0.15) is 53.4 Å². The van der Waals surface area contributed by atoms with E-state index in [-0.39, 0.29) is 11.8 Å². The van der Waals surface area contributed by atoms with Crippen LogP contribution in [-0.2, 0) is 0 Å². The van der Waals surface area contributed by atoms with Gasteiger partial charge in [-0.2, -0.15) is 0 Å². The van der Waals surface area contributed by atoms with Crippen molar-refractivity contribution >= 4 is 0 Å². The summed E-state index contributed by atoms with van der Waals surface area (Å²) < 4.78 is 0. The van der Waals surface area contributed by atoms with E-state index in [1.807, 2.05) is 13.8 Å². The van der Waals surface area contributed by atoms with Crippen LogP contribution in [0.25, 0.3) is 0 Å². The summed E-state index contributed by atoms with van der Waals surface area (Å²) in [4.78, 5) is 0. The highest BCUT2D eigenvalue weighted by Gasteiger charge is 2.51. The van der Waals surface area contributed by atoms with Gasteiger partial charge in [-0.3, -0.25) is 0 Å². The number of hydrogen-bond acceptors (Lipinski definition) is 2. The van der Waals surface area contributed by atoms with Crippen molar-refractivity contribution in [1.29, 1.82) is 0 Å². The van der Waals surface area contributed by atoms with E-state index in [1.54, 1.807) is 0 Å². The molecule has 0 aromatic heterocycles. The Morgan fingerprint density at radius 2 is 1.82 bits per heavy atom. The normalized spacial score (nSPS) is 46.6. The Bertz CT molecular complexity index is 326. The van der Waals surface area contributed by atoms with Crippen LogP contribution in [0.3, 0.4) is 0 Å². The van der Waals surface area contributed by atoms with Crippen molar-refractivity contribution in [1.82, 2.24) is 0 Å². The van der Waals surface area contributed by atoms with Gasteiger partial charge in [-0.05, 0) is 57.3 Å². The average molecular weight is 238 g/mol. The van der Waals surface area contributed by atoms with Crippen LogP contribution < -0.4 is 0 Å². The SMILES string of the molecule is CC(C)C1=CC[C@@](C)(O)[C@@H]2CC[C@@](C)(O)[C@@H]2C1. The summed E-state index contributed by atoms with van der Waals surface area (Å²) in [5.41, 5.74) is 0.148. The molecule has 4 atom stereocenters. The number of rotatable bonds is 1. The third kappa shape index (κ3) is 2.30. The smallest absolute Gasteiger partial charge is 0.0686 e. The quantitative estimate of drug-likeness (QED) is 0.690. The van der Waals surface area contributed by atoms with Crippen LogP contribution >= 0.6 is 0 Å². The van der Waals surface area contributed by atoms with Crippen molar-refractivity contribution in [3.8, 4) is 0 Å². The molecule has 2 N–H and O–H groups in total. The topological polar surface area (TPSA) is 40.5 Å². The van der Waals surface area contributed by atoms with Crippen molar-refractivity contribution in [2.75, 3.05) is 0 Å². The van der Waals surface area contributed by atoms with E-state index in [2.05, 4.69) is 19.9 Å². The van der Waals surface area contributed by atoms with Crippen LogP contribution in [0.2, 0.25) is 0 Å². The highest BCUT2D eigenvalue weighted by molar-refractivity contribution is 5.16. The number of aliphatic hydroxyl groups is 2. The number of hydrogen-bond donors (Lipinski definition) is 2. The second kappa shape index (κ2) is 4.10. The largest absolute Gasteiger partial charge is 0.390 e. The lowest BCUT2D eigenvalue weighted by molar-refractivity contribution is -0.0514. The minimum absolute atomic E-state index is 0.216. The van der Waals surface area contributed by atoms with Gasteiger partial charge in [0, 0.05) is 0 Å².